The molecule has 0 aliphatic carbocycles. The topological polar surface area (TPSA) is 139 Å². The van der Waals surface area contributed by atoms with E-state index >= 15 is 0 Å². The van der Waals surface area contributed by atoms with Gasteiger partial charge in [0.25, 0.3) is 0 Å². The molecule has 0 bridgehead atoms. The van der Waals surface area contributed by atoms with Gasteiger partial charge in [0.05, 0.1) is 24.1 Å². The molecule has 3 heterocycles. The Morgan fingerprint density at radius 1 is 0.977 bits per heavy atom. The van der Waals surface area contributed by atoms with Crippen molar-refractivity contribution in [3.05, 3.63) is 36.0 Å². The van der Waals surface area contributed by atoms with Crippen molar-refractivity contribution in [3.8, 4) is 0 Å². The second-order valence-electron chi connectivity index (χ2n) is 12.1. The number of hydrogen-bond acceptors (Lipinski definition) is 7. The summed E-state index contributed by atoms with van der Waals surface area (Å²) in [6.07, 6.45) is 8.72. The van der Waals surface area contributed by atoms with Crippen LogP contribution < -0.4 is 20.8 Å². The van der Waals surface area contributed by atoms with E-state index in [9.17, 15) is 24.0 Å². The van der Waals surface area contributed by atoms with Crippen molar-refractivity contribution in [2.45, 2.75) is 102 Å². The standard InChI is InChI=1S/C33H47N5O6/c1-4-22(2)30-29(40)21-37-17-11-10-16-28(37)33(43)34-25(14-7-5-6-12-18-39)31(41)35-26(32(42)36-30)19-23-20-38(44-3)27-15-9-8-13-24(23)27/h8-9,13,15,18,20,22,25-26,28,30H,4-7,10-12,14,16-17,19,21H2,1-3H3,(H,34,43)(H,35,41)(H,36,42)/t22-,25-,26-,28+,30-/m0/s1. The monoisotopic (exact) mass is 609 g/mol. The third kappa shape index (κ3) is 8.05. The van der Waals surface area contributed by atoms with E-state index in [1.165, 1.54) is 0 Å². The Morgan fingerprint density at radius 3 is 2.48 bits per heavy atom. The first-order chi connectivity index (χ1) is 21.3. The molecule has 44 heavy (non-hydrogen) atoms. The first kappa shape index (κ1) is 33.2. The van der Waals surface area contributed by atoms with Crippen LogP contribution in [0.2, 0.25) is 0 Å². The number of amides is 3. The number of rotatable bonds is 11. The van der Waals surface area contributed by atoms with Gasteiger partial charge in [-0.05, 0) is 49.8 Å². The number of unbranched alkanes of at least 4 members (excludes halogenated alkanes) is 3. The molecule has 3 N–H and O–H groups in total. The summed E-state index contributed by atoms with van der Waals surface area (Å²) in [5.41, 5.74) is 1.62. The van der Waals surface area contributed by atoms with Gasteiger partial charge >= 0.3 is 0 Å². The lowest BCUT2D eigenvalue weighted by atomic mass is 9.93. The van der Waals surface area contributed by atoms with Crippen molar-refractivity contribution in [1.29, 1.82) is 0 Å². The van der Waals surface area contributed by atoms with Crippen LogP contribution in [-0.4, -0.2) is 83.8 Å². The Balaban J connectivity index is 1.69. The molecule has 0 saturated carbocycles. The molecular weight excluding hydrogens is 562 g/mol. The number of nitrogens with one attached hydrogen (secondary N) is 3. The average molecular weight is 610 g/mol. The number of carbonyl (C=O) groups is 5. The first-order valence-electron chi connectivity index (χ1n) is 16.0. The highest BCUT2D eigenvalue weighted by Crippen LogP contribution is 2.23. The van der Waals surface area contributed by atoms with Gasteiger partial charge in [0.15, 0.2) is 5.78 Å². The number of nitrogens with zero attached hydrogens (tertiary/aromatic N) is 2. The Hall–Kier alpha value is -3.73. The van der Waals surface area contributed by atoms with E-state index in [0.717, 1.165) is 42.0 Å². The number of ketones is 1. The minimum atomic E-state index is -1.00. The minimum absolute atomic E-state index is 0.0527. The fraction of sp³-hybridized carbons (Fsp3) is 0.606. The summed E-state index contributed by atoms with van der Waals surface area (Å²) in [6, 6.07) is 4.49. The minimum Gasteiger partial charge on any atom is -0.417 e. The van der Waals surface area contributed by atoms with Crippen LogP contribution in [0.15, 0.2) is 30.5 Å². The maximum Gasteiger partial charge on any atom is 0.243 e. The number of carbonyl (C=O) groups excluding carboxylic acids is 5. The SMILES string of the molecule is CC[C@H](C)[C@@H]1NC(=O)[C@H](Cc2cn(OC)c3ccccc23)NC(=O)[C@H](CCCCCC=O)NC(=O)[C@H]2CCCCN2CC1=O. The lowest BCUT2D eigenvalue weighted by Gasteiger charge is -2.36. The van der Waals surface area contributed by atoms with E-state index in [1.807, 2.05) is 43.0 Å². The predicted octanol–water partition coefficient (Wildman–Crippen LogP) is 2.33. The van der Waals surface area contributed by atoms with Gasteiger partial charge in [0, 0.05) is 24.4 Å². The molecule has 2 fully saturated rings. The molecular formula is C33H47N5O6. The van der Waals surface area contributed by atoms with E-state index in [0.29, 0.717) is 45.1 Å². The van der Waals surface area contributed by atoms with Crippen molar-refractivity contribution < 1.29 is 28.8 Å². The molecule has 0 spiro atoms. The van der Waals surface area contributed by atoms with E-state index in [1.54, 1.807) is 18.0 Å². The third-order valence-corrected chi connectivity index (χ3v) is 9.09. The van der Waals surface area contributed by atoms with E-state index < -0.39 is 36.0 Å². The fourth-order valence-electron chi connectivity index (χ4n) is 6.33. The smallest absolute Gasteiger partial charge is 0.243 e. The molecule has 3 amide bonds. The van der Waals surface area contributed by atoms with Crippen LogP contribution in [0.1, 0.15) is 77.2 Å². The maximum absolute atomic E-state index is 14.0. The number of piperidine rings is 1. The predicted molar refractivity (Wildman–Crippen MR) is 167 cm³/mol. The van der Waals surface area contributed by atoms with Crippen LogP contribution in [0, 0.1) is 5.92 Å². The van der Waals surface area contributed by atoms with Gasteiger partial charge < -0.3 is 25.6 Å². The molecule has 2 aliphatic rings. The van der Waals surface area contributed by atoms with Crippen molar-refractivity contribution in [2.24, 2.45) is 5.92 Å². The quantitative estimate of drug-likeness (QED) is 0.263. The molecule has 4 rings (SSSR count). The fourth-order valence-corrected chi connectivity index (χ4v) is 6.33. The zero-order chi connectivity index (χ0) is 31.6. The van der Waals surface area contributed by atoms with Crippen LogP contribution in [0.5, 0.6) is 0 Å². The summed E-state index contributed by atoms with van der Waals surface area (Å²) in [5, 5.41) is 9.78. The van der Waals surface area contributed by atoms with E-state index in [2.05, 4.69) is 16.0 Å². The molecule has 0 unspecified atom stereocenters. The Morgan fingerprint density at radius 2 is 1.73 bits per heavy atom. The highest BCUT2D eigenvalue weighted by atomic mass is 16.6. The number of aldehydes is 1. The Labute approximate surface area is 259 Å². The summed E-state index contributed by atoms with van der Waals surface area (Å²) in [7, 11) is 1.56. The molecule has 2 saturated heterocycles. The molecule has 0 radical (unpaired) electrons. The molecule has 2 aromatic rings. The molecule has 240 valence electrons. The molecule has 1 aromatic heterocycles. The van der Waals surface area contributed by atoms with Crippen LogP contribution in [0.4, 0.5) is 0 Å². The highest BCUT2D eigenvalue weighted by molar-refractivity contribution is 5.97. The second-order valence-corrected chi connectivity index (χ2v) is 12.1. The van der Waals surface area contributed by atoms with Crippen molar-refractivity contribution >= 4 is 40.7 Å². The lowest BCUT2D eigenvalue weighted by Crippen LogP contribution is -2.57. The molecule has 2 aliphatic heterocycles. The van der Waals surface area contributed by atoms with Gasteiger partial charge in [-0.1, -0.05) is 57.7 Å². The average Bonchev–Trinajstić information content (AvgIpc) is 3.39. The molecule has 11 nitrogen and oxygen atoms in total. The Bertz CT molecular complexity index is 1320. The van der Waals surface area contributed by atoms with Gasteiger partial charge in [-0.2, -0.15) is 4.73 Å². The number of fused-ring (bicyclic) bond motifs is 2. The summed E-state index contributed by atoms with van der Waals surface area (Å²) in [5.74, 6) is -1.45. The summed E-state index contributed by atoms with van der Waals surface area (Å²) in [4.78, 5) is 73.4. The summed E-state index contributed by atoms with van der Waals surface area (Å²) >= 11 is 0. The van der Waals surface area contributed by atoms with E-state index in [4.69, 9.17) is 4.84 Å². The highest BCUT2D eigenvalue weighted by Gasteiger charge is 2.37. The van der Waals surface area contributed by atoms with Crippen LogP contribution >= 0.6 is 0 Å². The molecule has 5 atom stereocenters. The van der Waals surface area contributed by atoms with Gasteiger partial charge in [-0.3, -0.25) is 24.1 Å². The zero-order valence-electron chi connectivity index (χ0n) is 26.2. The van der Waals surface area contributed by atoms with Gasteiger partial charge in [0.2, 0.25) is 17.7 Å². The normalized spacial score (nSPS) is 24.6. The number of benzene rings is 1. The lowest BCUT2D eigenvalue weighted by molar-refractivity contribution is -0.134. The van der Waals surface area contributed by atoms with E-state index in [-0.39, 0.29) is 30.6 Å². The van der Waals surface area contributed by atoms with Crippen molar-refractivity contribution in [2.75, 3.05) is 20.2 Å². The van der Waals surface area contributed by atoms with Crippen molar-refractivity contribution in [3.63, 3.8) is 0 Å². The zero-order valence-corrected chi connectivity index (χ0v) is 26.2. The molecule has 11 heteroatoms. The van der Waals surface area contributed by atoms with Crippen molar-refractivity contribution in [1.82, 2.24) is 25.6 Å². The van der Waals surface area contributed by atoms with Gasteiger partial charge in [0.1, 0.15) is 25.5 Å². The summed E-state index contributed by atoms with van der Waals surface area (Å²) in [6.45, 7) is 4.56. The number of Topliss-reactive ketones (excluding diaryl/α,β-unsaturated/α-hetero) is 1. The Kier molecular flexibility index (Phi) is 11.9. The van der Waals surface area contributed by atoms with Crippen LogP contribution in [-0.2, 0) is 30.4 Å². The first-order valence-corrected chi connectivity index (χ1v) is 16.0. The maximum atomic E-state index is 14.0. The number of para-hydroxylation sites is 1. The molecule has 1 aromatic carbocycles. The number of hydrogen-bond donors (Lipinski definition) is 3. The second kappa shape index (κ2) is 15.8. The number of aromatic nitrogens is 1. The largest absolute Gasteiger partial charge is 0.417 e. The van der Waals surface area contributed by atoms with Gasteiger partial charge in [-0.15, -0.1) is 0 Å². The van der Waals surface area contributed by atoms with Crippen LogP contribution in [0.25, 0.3) is 10.9 Å². The van der Waals surface area contributed by atoms with Gasteiger partial charge in [-0.25, -0.2) is 0 Å². The summed E-state index contributed by atoms with van der Waals surface area (Å²) < 4.78 is 1.62. The third-order valence-electron chi connectivity index (χ3n) is 9.09. The van der Waals surface area contributed by atoms with Crippen LogP contribution in [0.3, 0.4) is 0 Å².